The number of H-pyrrole nitrogens is 1. The van der Waals surface area contributed by atoms with Gasteiger partial charge in [0.15, 0.2) is 5.78 Å². The van der Waals surface area contributed by atoms with E-state index in [9.17, 15) is 9.59 Å². The number of imidazole rings is 1. The van der Waals surface area contributed by atoms with E-state index in [4.69, 9.17) is 0 Å². The standard InChI is InChI=1S/C29H28N4O2/c1-19-26(31-20(2)28(19)27(34)10-6-7-14-33-15-13-30-18-33)17-24-23-16-22(21-8-4-3-5-9-21)11-12-25(23)32-29(24)35/h3-5,8-9,11-13,15-18,31H,6-7,10,14H2,1-2H3,(H,32,35)/b24-17-. The maximum Gasteiger partial charge on any atom is 0.256 e. The summed E-state index contributed by atoms with van der Waals surface area (Å²) in [5.74, 6) is -0.00147. The number of hydrogen-bond acceptors (Lipinski definition) is 3. The van der Waals surface area contributed by atoms with Crippen molar-refractivity contribution in [2.24, 2.45) is 0 Å². The number of carbonyl (C=O) groups excluding carboxylic acids is 2. The number of anilines is 1. The number of fused-ring (bicyclic) bond motifs is 1. The molecule has 2 aromatic carbocycles. The largest absolute Gasteiger partial charge is 0.358 e. The zero-order valence-electron chi connectivity index (χ0n) is 20.0. The summed E-state index contributed by atoms with van der Waals surface area (Å²) in [5.41, 5.74) is 7.68. The fraction of sp³-hybridized carbons (Fsp3) is 0.207. The van der Waals surface area contributed by atoms with E-state index < -0.39 is 0 Å². The van der Waals surface area contributed by atoms with Gasteiger partial charge in [0.25, 0.3) is 5.91 Å². The number of nitrogens with zero attached hydrogens (tertiary/aromatic N) is 2. The minimum Gasteiger partial charge on any atom is -0.358 e. The van der Waals surface area contributed by atoms with Crippen molar-refractivity contribution < 1.29 is 9.59 Å². The van der Waals surface area contributed by atoms with Crippen molar-refractivity contribution in [2.75, 3.05) is 5.32 Å². The molecule has 6 nitrogen and oxygen atoms in total. The van der Waals surface area contributed by atoms with E-state index in [0.717, 1.165) is 64.3 Å². The van der Waals surface area contributed by atoms with Gasteiger partial charge in [-0.1, -0.05) is 36.4 Å². The van der Waals surface area contributed by atoms with Crippen LogP contribution in [0.25, 0.3) is 22.8 Å². The molecule has 0 saturated heterocycles. The first kappa shape index (κ1) is 22.6. The molecule has 0 bridgehead atoms. The predicted molar refractivity (Wildman–Crippen MR) is 139 cm³/mol. The SMILES string of the molecule is Cc1[nH]c(/C=C2\C(=O)Nc3ccc(-c4ccccc4)cc32)c(C)c1C(=O)CCCCn1ccnc1. The molecule has 2 N–H and O–H groups in total. The number of unbranched alkanes of at least 4 members (excludes halogenated alkanes) is 1. The molecule has 0 atom stereocenters. The molecule has 0 radical (unpaired) electrons. The predicted octanol–water partition coefficient (Wildman–Crippen LogP) is 6.04. The summed E-state index contributed by atoms with van der Waals surface area (Å²) in [6.07, 6.45) is 9.59. The zero-order chi connectivity index (χ0) is 24.4. The molecular formula is C29H28N4O2. The lowest BCUT2D eigenvalue weighted by molar-refractivity contribution is -0.110. The smallest absolute Gasteiger partial charge is 0.256 e. The molecule has 0 fully saturated rings. The first-order chi connectivity index (χ1) is 17.0. The van der Waals surface area contributed by atoms with E-state index in [2.05, 4.69) is 27.4 Å². The Morgan fingerprint density at radius 2 is 1.89 bits per heavy atom. The molecule has 4 aromatic rings. The number of ketones is 1. The van der Waals surface area contributed by atoms with E-state index >= 15 is 0 Å². The van der Waals surface area contributed by atoms with Gasteiger partial charge in [-0.3, -0.25) is 9.59 Å². The van der Waals surface area contributed by atoms with Crippen molar-refractivity contribution in [1.29, 1.82) is 0 Å². The number of benzene rings is 2. The number of aromatic nitrogens is 3. The second-order valence-electron chi connectivity index (χ2n) is 8.98. The van der Waals surface area contributed by atoms with Gasteiger partial charge in [0.1, 0.15) is 0 Å². The maximum atomic E-state index is 13.0. The van der Waals surface area contributed by atoms with Crippen molar-refractivity contribution in [3.05, 3.63) is 95.3 Å². The highest BCUT2D eigenvalue weighted by Gasteiger charge is 2.26. The molecule has 0 saturated carbocycles. The Bertz CT molecular complexity index is 1410. The van der Waals surface area contributed by atoms with Crippen LogP contribution in [-0.2, 0) is 11.3 Å². The Balaban J connectivity index is 1.37. The highest BCUT2D eigenvalue weighted by atomic mass is 16.2. The first-order valence-corrected chi connectivity index (χ1v) is 11.9. The second-order valence-corrected chi connectivity index (χ2v) is 8.98. The third kappa shape index (κ3) is 4.60. The topological polar surface area (TPSA) is 79.8 Å². The van der Waals surface area contributed by atoms with Crippen LogP contribution in [0, 0.1) is 13.8 Å². The molecule has 1 amide bonds. The molecule has 5 rings (SSSR count). The summed E-state index contributed by atoms with van der Waals surface area (Å²) in [5, 5.41) is 2.96. The molecular weight excluding hydrogens is 436 g/mol. The number of amides is 1. The monoisotopic (exact) mass is 464 g/mol. The normalized spacial score (nSPS) is 13.8. The van der Waals surface area contributed by atoms with Crippen LogP contribution in [-0.4, -0.2) is 26.2 Å². The Hall–Kier alpha value is -4.19. The quantitative estimate of drug-likeness (QED) is 0.189. The van der Waals surface area contributed by atoms with E-state index in [1.807, 2.05) is 67.1 Å². The Morgan fingerprint density at radius 3 is 2.66 bits per heavy atom. The molecule has 2 aromatic heterocycles. The number of nitrogens with one attached hydrogen (secondary N) is 2. The number of aromatic amines is 1. The zero-order valence-corrected chi connectivity index (χ0v) is 20.0. The third-order valence-electron chi connectivity index (χ3n) is 6.58. The van der Waals surface area contributed by atoms with Crippen LogP contribution in [0.3, 0.4) is 0 Å². The van der Waals surface area contributed by atoms with Crippen LogP contribution in [0.15, 0.2) is 67.3 Å². The fourth-order valence-corrected chi connectivity index (χ4v) is 4.75. The second kappa shape index (κ2) is 9.58. The van der Waals surface area contributed by atoms with Crippen molar-refractivity contribution in [1.82, 2.24) is 14.5 Å². The summed E-state index contributed by atoms with van der Waals surface area (Å²) in [6.45, 7) is 4.72. The van der Waals surface area contributed by atoms with Gasteiger partial charge in [0.2, 0.25) is 0 Å². The van der Waals surface area contributed by atoms with Crippen molar-refractivity contribution in [2.45, 2.75) is 39.7 Å². The van der Waals surface area contributed by atoms with Gasteiger partial charge in [0.05, 0.1) is 11.9 Å². The highest BCUT2D eigenvalue weighted by Crippen LogP contribution is 2.37. The molecule has 1 aliphatic heterocycles. The first-order valence-electron chi connectivity index (χ1n) is 11.9. The molecule has 35 heavy (non-hydrogen) atoms. The Morgan fingerprint density at radius 1 is 1.06 bits per heavy atom. The van der Waals surface area contributed by atoms with Crippen LogP contribution < -0.4 is 5.32 Å². The van der Waals surface area contributed by atoms with Crippen LogP contribution in [0.2, 0.25) is 0 Å². The number of Topliss-reactive ketones (excluding diaryl/α,β-unsaturated/α-hetero) is 1. The summed E-state index contributed by atoms with van der Waals surface area (Å²) in [4.78, 5) is 33.2. The van der Waals surface area contributed by atoms with Crippen molar-refractivity contribution >= 4 is 29.0 Å². The van der Waals surface area contributed by atoms with Gasteiger partial charge >= 0.3 is 0 Å². The van der Waals surface area contributed by atoms with Crippen molar-refractivity contribution in [3.63, 3.8) is 0 Å². The average Bonchev–Trinajstić information content (AvgIpc) is 3.56. The fourth-order valence-electron chi connectivity index (χ4n) is 4.75. The van der Waals surface area contributed by atoms with Gasteiger partial charge in [-0.15, -0.1) is 0 Å². The summed E-state index contributed by atoms with van der Waals surface area (Å²) in [7, 11) is 0. The highest BCUT2D eigenvalue weighted by molar-refractivity contribution is 6.35. The number of carbonyl (C=O) groups is 2. The van der Waals surface area contributed by atoms with Crippen LogP contribution >= 0.6 is 0 Å². The molecule has 0 aliphatic carbocycles. The Labute approximate surface area is 204 Å². The van der Waals surface area contributed by atoms with Gasteiger partial charge in [-0.05, 0) is 61.6 Å². The summed E-state index contributed by atoms with van der Waals surface area (Å²) >= 11 is 0. The Kier molecular flexibility index (Phi) is 6.19. The number of aryl methyl sites for hydroxylation is 2. The number of rotatable bonds is 8. The molecule has 3 heterocycles. The lowest BCUT2D eigenvalue weighted by Crippen LogP contribution is -2.04. The maximum absolute atomic E-state index is 13.0. The lowest BCUT2D eigenvalue weighted by Gasteiger charge is -2.05. The molecule has 0 spiro atoms. The minimum atomic E-state index is -0.135. The van der Waals surface area contributed by atoms with E-state index in [0.29, 0.717) is 12.0 Å². The minimum absolute atomic E-state index is 0.133. The van der Waals surface area contributed by atoms with Crippen molar-refractivity contribution in [3.8, 4) is 11.1 Å². The van der Waals surface area contributed by atoms with Gasteiger partial charge < -0.3 is 14.9 Å². The molecule has 6 heteroatoms. The van der Waals surface area contributed by atoms with E-state index in [1.165, 1.54) is 0 Å². The van der Waals surface area contributed by atoms with Crippen LogP contribution in [0.5, 0.6) is 0 Å². The van der Waals surface area contributed by atoms with Crippen LogP contribution in [0.1, 0.15) is 52.1 Å². The van der Waals surface area contributed by atoms with Gasteiger partial charge in [-0.2, -0.15) is 0 Å². The molecule has 0 unspecified atom stereocenters. The lowest BCUT2D eigenvalue weighted by atomic mass is 9.97. The van der Waals surface area contributed by atoms with Crippen LogP contribution in [0.4, 0.5) is 5.69 Å². The molecule has 1 aliphatic rings. The van der Waals surface area contributed by atoms with Gasteiger partial charge in [-0.25, -0.2) is 4.98 Å². The van der Waals surface area contributed by atoms with E-state index in [-0.39, 0.29) is 11.7 Å². The third-order valence-corrected chi connectivity index (χ3v) is 6.58. The average molecular weight is 465 g/mol. The van der Waals surface area contributed by atoms with Gasteiger partial charge in [0, 0.05) is 53.6 Å². The molecule has 176 valence electrons. The van der Waals surface area contributed by atoms with E-state index in [1.54, 1.807) is 12.5 Å². The summed E-state index contributed by atoms with van der Waals surface area (Å²) < 4.78 is 2.02. The summed E-state index contributed by atoms with van der Waals surface area (Å²) in [6, 6.07) is 16.1. The number of hydrogen-bond donors (Lipinski definition) is 2.